The first-order valence-electron chi connectivity index (χ1n) is 15.2. The van der Waals surface area contributed by atoms with Crippen molar-refractivity contribution in [3.05, 3.63) is 148 Å². The minimum absolute atomic E-state index is 0.0712. The second-order valence-corrected chi connectivity index (χ2v) is 12.2. The molecule has 0 bridgehead atoms. The second kappa shape index (κ2) is 14.9. The molecule has 1 aliphatic rings. The van der Waals surface area contributed by atoms with Crippen LogP contribution in [0.15, 0.2) is 121 Å². The Morgan fingerprint density at radius 1 is 0.826 bits per heavy atom. The number of hydrogen-bond donors (Lipinski definition) is 2. The Labute approximate surface area is 272 Å². The van der Waals surface area contributed by atoms with E-state index in [1.54, 1.807) is 11.7 Å². The Hall–Kier alpha value is -4.99. The summed E-state index contributed by atoms with van der Waals surface area (Å²) in [5.41, 5.74) is 8.01. The first-order valence-corrected chi connectivity index (χ1v) is 16.1. The number of carbonyl (C=O) groups excluding carboxylic acids is 2. The number of thiazole rings is 1. The molecule has 0 saturated heterocycles. The van der Waals surface area contributed by atoms with E-state index >= 15 is 0 Å². The molecule has 2 amide bonds. The van der Waals surface area contributed by atoms with Gasteiger partial charge in [-0.25, -0.2) is 9.59 Å². The molecule has 4 aromatic carbocycles. The summed E-state index contributed by atoms with van der Waals surface area (Å²) in [5, 5.41) is 14.4. The van der Waals surface area contributed by atoms with Gasteiger partial charge in [-0.05, 0) is 39.8 Å². The van der Waals surface area contributed by atoms with Gasteiger partial charge in [-0.15, -0.1) is 11.3 Å². The maximum Gasteiger partial charge on any atom is 0.410 e. The van der Waals surface area contributed by atoms with Gasteiger partial charge in [0.05, 0.1) is 29.1 Å². The molecule has 46 heavy (non-hydrogen) atoms. The van der Waals surface area contributed by atoms with Crippen molar-refractivity contribution >= 4 is 23.5 Å². The summed E-state index contributed by atoms with van der Waals surface area (Å²) in [6, 6.07) is 34.8. The summed E-state index contributed by atoms with van der Waals surface area (Å²) < 4.78 is 11.4. The Morgan fingerprint density at radius 2 is 1.43 bits per heavy atom. The number of aromatic nitrogens is 1. The summed E-state index contributed by atoms with van der Waals surface area (Å²) in [6.07, 6.45) is -0.355. The fourth-order valence-corrected chi connectivity index (χ4v) is 6.35. The smallest absolute Gasteiger partial charge is 0.410 e. The van der Waals surface area contributed by atoms with E-state index in [1.807, 2.05) is 84.9 Å². The Kier molecular flexibility index (Phi) is 10.0. The first kappa shape index (κ1) is 31.0. The number of nitrogens with one attached hydrogen (secondary N) is 1. The van der Waals surface area contributed by atoms with Crippen LogP contribution in [0.25, 0.3) is 11.1 Å². The number of fused-ring (bicyclic) bond motifs is 3. The number of benzene rings is 4. The van der Waals surface area contributed by atoms with Crippen molar-refractivity contribution in [3.8, 4) is 11.1 Å². The normalized spacial score (nSPS) is 13.2. The topological polar surface area (TPSA) is 101 Å². The largest absolute Gasteiger partial charge is 0.448 e. The summed E-state index contributed by atoms with van der Waals surface area (Å²) in [4.78, 5) is 32.9. The number of aliphatic hydroxyl groups is 1. The third-order valence-electron chi connectivity index (χ3n) is 8.11. The van der Waals surface area contributed by atoms with E-state index in [1.165, 1.54) is 16.2 Å². The van der Waals surface area contributed by atoms with Crippen LogP contribution >= 0.6 is 11.3 Å². The van der Waals surface area contributed by atoms with Gasteiger partial charge in [0.1, 0.15) is 13.2 Å². The maximum atomic E-state index is 13.8. The predicted molar refractivity (Wildman–Crippen MR) is 177 cm³/mol. The number of carbonyl (C=O) groups is 2. The molecule has 0 spiro atoms. The van der Waals surface area contributed by atoms with Crippen LogP contribution in [0, 0.1) is 0 Å². The lowest BCUT2D eigenvalue weighted by molar-refractivity contribution is 0.0517. The molecule has 2 atom stereocenters. The first-order chi connectivity index (χ1) is 22.5. The van der Waals surface area contributed by atoms with E-state index in [0.29, 0.717) is 6.42 Å². The minimum Gasteiger partial charge on any atom is -0.448 e. The van der Waals surface area contributed by atoms with Gasteiger partial charge in [-0.1, -0.05) is 109 Å². The van der Waals surface area contributed by atoms with Gasteiger partial charge >= 0.3 is 12.2 Å². The molecular formula is C37H35N3O5S. The molecule has 234 valence electrons. The van der Waals surface area contributed by atoms with Crippen molar-refractivity contribution in [1.29, 1.82) is 0 Å². The Morgan fingerprint density at radius 3 is 2.07 bits per heavy atom. The van der Waals surface area contributed by atoms with Gasteiger partial charge < -0.3 is 24.8 Å². The molecule has 0 radical (unpaired) electrons. The molecule has 0 aliphatic heterocycles. The van der Waals surface area contributed by atoms with Crippen LogP contribution in [0.4, 0.5) is 9.59 Å². The number of rotatable bonds is 12. The molecule has 1 heterocycles. The fraction of sp³-hybridized carbons (Fsp3) is 0.216. The standard InChI is InChI=1S/C37H35N3O5S/c41-35(34(19-26-11-3-1-4-12-26)39-36(42)44-23-28-20-38-25-46-28)22-40(21-27-13-5-2-6-14-27)37(43)45-24-33-31-17-9-7-15-29(31)30-16-8-10-18-32(30)33/h1-18,20,25,33-35,41H,19,21-24H2,(H,39,42)/t34-,35+/m0/s1. The van der Waals surface area contributed by atoms with Crippen molar-refractivity contribution in [2.75, 3.05) is 13.2 Å². The van der Waals surface area contributed by atoms with E-state index in [-0.39, 0.29) is 32.2 Å². The SMILES string of the molecule is O=C(N[C@@H](Cc1ccccc1)[C@H](O)CN(Cc1ccccc1)C(=O)OCC1c2ccccc2-c2ccccc21)OCc1cncs1. The van der Waals surface area contributed by atoms with Crippen LogP contribution in [0.1, 0.15) is 33.0 Å². The number of aliphatic hydroxyl groups excluding tert-OH is 1. The summed E-state index contributed by atoms with van der Waals surface area (Å²) in [7, 11) is 0. The van der Waals surface area contributed by atoms with Gasteiger partial charge in [0.2, 0.25) is 0 Å². The van der Waals surface area contributed by atoms with Crippen molar-refractivity contribution < 1.29 is 24.2 Å². The maximum absolute atomic E-state index is 13.8. The summed E-state index contributed by atoms with van der Waals surface area (Å²) in [5.74, 6) is -0.0966. The van der Waals surface area contributed by atoms with E-state index in [0.717, 1.165) is 38.3 Å². The highest BCUT2D eigenvalue weighted by Crippen LogP contribution is 2.44. The quantitative estimate of drug-likeness (QED) is 0.157. The van der Waals surface area contributed by atoms with Crippen molar-refractivity contribution in [1.82, 2.24) is 15.2 Å². The summed E-state index contributed by atoms with van der Waals surface area (Å²) in [6.45, 7) is 0.384. The van der Waals surface area contributed by atoms with Gasteiger partial charge in [-0.3, -0.25) is 4.98 Å². The van der Waals surface area contributed by atoms with Crippen LogP contribution in [0.5, 0.6) is 0 Å². The number of ether oxygens (including phenoxy) is 2. The second-order valence-electron chi connectivity index (χ2n) is 11.2. The van der Waals surface area contributed by atoms with Gasteiger partial charge in [0.15, 0.2) is 0 Å². The Balaban J connectivity index is 1.18. The minimum atomic E-state index is -1.12. The highest BCUT2D eigenvalue weighted by molar-refractivity contribution is 7.09. The van der Waals surface area contributed by atoms with Crippen LogP contribution < -0.4 is 5.32 Å². The lowest BCUT2D eigenvalue weighted by Gasteiger charge is -2.30. The average Bonchev–Trinajstić information content (AvgIpc) is 3.73. The highest BCUT2D eigenvalue weighted by atomic mass is 32.1. The lowest BCUT2D eigenvalue weighted by atomic mass is 9.98. The Bertz CT molecular complexity index is 1690. The van der Waals surface area contributed by atoms with Crippen molar-refractivity contribution in [2.24, 2.45) is 0 Å². The molecule has 5 aromatic rings. The monoisotopic (exact) mass is 633 g/mol. The van der Waals surface area contributed by atoms with E-state index in [4.69, 9.17) is 9.47 Å². The van der Waals surface area contributed by atoms with Crippen molar-refractivity contribution in [3.63, 3.8) is 0 Å². The molecule has 0 saturated carbocycles. The van der Waals surface area contributed by atoms with Crippen LogP contribution in [0.2, 0.25) is 0 Å². The summed E-state index contributed by atoms with van der Waals surface area (Å²) >= 11 is 1.39. The van der Waals surface area contributed by atoms with Crippen molar-refractivity contribution in [2.45, 2.75) is 37.6 Å². The number of nitrogens with zero attached hydrogens (tertiary/aromatic N) is 2. The molecule has 6 rings (SSSR count). The highest BCUT2D eigenvalue weighted by Gasteiger charge is 2.31. The predicted octanol–water partition coefficient (Wildman–Crippen LogP) is 6.79. The van der Waals surface area contributed by atoms with Gasteiger partial charge in [-0.2, -0.15) is 0 Å². The van der Waals surface area contributed by atoms with Gasteiger partial charge in [0, 0.05) is 18.7 Å². The number of hydrogen-bond acceptors (Lipinski definition) is 7. The van der Waals surface area contributed by atoms with E-state index < -0.39 is 24.3 Å². The zero-order valence-corrected chi connectivity index (χ0v) is 26.0. The zero-order chi connectivity index (χ0) is 31.7. The molecule has 1 aromatic heterocycles. The molecule has 0 fully saturated rings. The fourth-order valence-electron chi connectivity index (χ4n) is 5.84. The average molecular weight is 634 g/mol. The van der Waals surface area contributed by atoms with Crippen LogP contribution in [-0.4, -0.2) is 52.5 Å². The van der Waals surface area contributed by atoms with Crippen LogP contribution in [-0.2, 0) is 29.0 Å². The molecular weight excluding hydrogens is 598 g/mol. The van der Waals surface area contributed by atoms with E-state index in [9.17, 15) is 14.7 Å². The third-order valence-corrected chi connectivity index (χ3v) is 8.87. The van der Waals surface area contributed by atoms with Gasteiger partial charge in [0.25, 0.3) is 0 Å². The molecule has 0 unspecified atom stereocenters. The zero-order valence-electron chi connectivity index (χ0n) is 25.2. The molecule has 1 aliphatic carbocycles. The molecule has 8 nitrogen and oxygen atoms in total. The third kappa shape index (κ3) is 7.62. The number of alkyl carbamates (subject to hydrolysis) is 1. The molecule has 9 heteroatoms. The molecule has 2 N–H and O–H groups in total. The van der Waals surface area contributed by atoms with Crippen LogP contribution in [0.3, 0.4) is 0 Å². The lowest BCUT2D eigenvalue weighted by Crippen LogP contribution is -2.50. The number of amides is 2. The van der Waals surface area contributed by atoms with E-state index in [2.05, 4.69) is 34.6 Å².